The van der Waals surface area contributed by atoms with Gasteiger partial charge in [-0.3, -0.25) is 0 Å². The molecule has 0 spiro atoms. The number of aromatic nitrogens is 2. The van der Waals surface area contributed by atoms with Gasteiger partial charge in [0.25, 0.3) is 0 Å². The maximum absolute atomic E-state index is 13.8. The second kappa shape index (κ2) is 7.04. The minimum Gasteiger partial charge on any atom is -0.368 e. The molecule has 20 heavy (non-hydrogen) atoms. The van der Waals surface area contributed by atoms with Crippen LogP contribution in [0.1, 0.15) is 18.4 Å². The fourth-order valence-corrected chi connectivity index (χ4v) is 3.09. The molecular weight excluding hydrogens is 341 g/mol. The molecule has 0 saturated heterocycles. The number of anilines is 1. The molecule has 0 amide bonds. The van der Waals surface area contributed by atoms with Gasteiger partial charge in [-0.25, -0.2) is 14.4 Å². The maximum atomic E-state index is 13.8. The molecule has 0 aliphatic carbocycles. The third kappa shape index (κ3) is 3.70. The Bertz CT molecular complexity index is 607. The van der Waals surface area contributed by atoms with Gasteiger partial charge in [0.15, 0.2) is 11.6 Å². The minimum absolute atomic E-state index is 0.280. The van der Waals surface area contributed by atoms with E-state index < -0.39 is 0 Å². The first-order valence-electron chi connectivity index (χ1n) is 6.26. The lowest BCUT2D eigenvalue weighted by Gasteiger charge is -2.09. The molecule has 1 aromatic carbocycles. The van der Waals surface area contributed by atoms with Crippen molar-refractivity contribution < 1.29 is 4.39 Å². The number of benzene rings is 1. The quantitative estimate of drug-likeness (QED) is 0.806. The van der Waals surface area contributed by atoms with Gasteiger partial charge < -0.3 is 5.32 Å². The van der Waals surface area contributed by atoms with E-state index in [-0.39, 0.29) is 11.6 Å². The van der Waals surface area contributed by atoms with Crippen LogP contribution in [0.4, 0.5) is 10.2 Å². The SMILES string of the molecule is CCNc1nc(CSc2ccccc2Br)nc(C)c1F. The van der Waals surface area contributed by atoms with Crippen LogP contribution in [0.15, 0.2) is 33.6 Å². The van der Waals surface area contributed by atoms with E-state index in [9.17, 15) is 4.39 Å². The van der Waals surface area contributed by atoms with Crippen LogP contribution in [-0.4, -0.2) is 16.5 Å². The summed E-state index contributed by atoms with van der Waals surface area (Å²) >= 11 is 5.12. The Hall–Kier alpha value is -1.14. The first kappa shape index (κ1) is 15.3. The molecule has 0 unspecified atom stereocenters. The molecule has 106 valence electrons. The highest BCUT2D eigenvalue weighted by atomic mass is 79.9. The van der Waals surface area contributed by atoms with Crippen molar-refractivity contribution in [1.82, 2.24) is 9.97 Å². The van der Waals surface area contributed by atoms with Crippen molar-refractivity contribution in [2.75, 3.05) is 11.9 Å². The van der Waals surface area contributed by atoms with Crippen LogP contribution in [0.3, 0.4) is 0 Å². The lowest BCUT2D eigenvalue weighted by molar-refractivity contribution is 0.602. The normalized spacial score (nSPS) is 10.6. The first-order valence-corrected chi connectivity index (χ1v) is 8.04. The Morgan fingerprint density at radius 3 is 2.75 bits per heavy atom. The number of nitrogens with zero attached hydrogens (tertiary/aromatic N) is 2. The predicted octanol–water partition coefficient (Wildman–Crippen LogP) is 4.41. The summed E-state index contributed by atoms with van der Waals surface area (Å²) < 4.78 is 14.8. The summed E-state index contributed by atoms with van der Waals surface area (Å²) in [6.45, 7) is 4.20. The van der Waals surface area contributed by atoms with Gasteiger partial charge in [-0.05, 0) is 41.9 Å². The maximum Gasteiger partial charge on any atom is 0.186 e. The third-order valence-corrected chi connectivity index (χ3v) is 4.62. The van der Waals surface area contributed by atoms with Crippen molar-refractivity contribution in [2.24, 2.45) is 0 Å². The number of nitrogens with one attached hydrogen (secondary N) is 1. The predicted molar refractivity (Wildman–Crippen MR) is 84.6 cm³/mol. The molecule has 6 heteroatoms. The van der Waals surface area contributed by atoms with Crippen molar-refractivity contribution in [1.29, 1.82) is 0 Å². The summed E-state index contributed by atoms with van der Waals surface area (Å²) in [7, 11) is 0. The third-order valence-electron chi connectivity index (χ3n) is 2.60. The second-order valence-electron chi connectivity index (χ2n) is 4.14. The number of rotatable bonds is 5. The van der Waals surface area contributed by atoms with E-state index in [1.807, 2.05) is 31.2 Å². The van der Waals surface area contributed by atoms with E-state index in [1.165, 1.54) is 0 Å². The molecule has 0 fully saturated rings. The average Bonchev–Trinajstić information content (AvgIpc) is 2.43. The van der Waals surface area contributed by atoms with Crippen molar-refractivity contribution in [3.8, 4) is 0 Å². The van der Waals surface area contributed by atoms with Crippen LogP contribution in [0.25, 0.3) is 0 Å². The molecule has 0 aliphatic rings. The molecule has 3 nitrogen and oxygen atoms in total. The molecule has 1 N–H and O–H groups in total. The number of thioether (sulfide) groups is 1. The summed E-state index contributed by atoms with van der Waals surface area (Å²) in [5.74, 6) is 1.13. The zero-order valence-electron chi connectivity index (χ0n) is 11.3. The Morgan fingerprint density at radius 2 is 2.05 bits per heavy atom. The average molecular weight is 356 g/mol. The zero-order valence-corrected chi connectivity index (χ0v) is 13.7. The molecule has 1 heterocycles. The number of hydrogen-bond donors (Lipinski definition) is 1. The lowest BCUT2D eigenvalue weighted by atomic mass is 10.4. The highest BCUT2D eigenvalue weighted by molar-refractivity contribution is 9.10. The highest BCUT2D eigenvalue weighted by Gasteiger charge is 2.11. The Morgan fingerprint density at radius 1 is 1.30 bits per heavy atom. The van der Waals surface area contributed by atoms with Gasteiger partial charge in [0.05, 0.1) is 11.4 Å². The Kier molecular flexibility index (Phi) is 5.37. The van der Waals surface area contributed by atoms with Crippen LogP contribution in [0, 0.1) is 12.7 Å². The monoisotopic (exact) mass is 355 g/mol. The fraction of sp³-hybridized carbons (Fsp3) is 0.286. The van der Waals surface area contributed by atoms with Crippen molar-refractivity contribution in [2.45, 2.75) is 24.5 Å². The number of hydrogen-bond acceptors (Lipinski definition) is 4. The summed E-state index contributed by atoms with van der Waals surface area (Å²) in [5, 5.41) is 2.92. The highest BCUT2D eigenvalue weighted by Crippen LogP contribution is 2.29. The standard InChI is InChI=1S/C14H15BrFN3S/c1-3-17-14-13(16)9(2)18-12(19-14)8-20-11-7-5-4-6-10(11)15/h4-7H,3,8H2,1-2H3,(H,17,18,19). The molecule has 2 aromatic rings. The number of halogens is 2. The van der Waals surface area contributed by atoms with Gasteiger partial charge in [0.1, 0.15) is 5.82 Å². The van der Waals surface area contributed by atoms with Crippen molar-refractivity contribution >= 4 is 33.5 Å². The largest absolute Gasteiger partial charge is 0.368 e. The van der Waals surface area contributed by atoms with E-state index in [0.717, 1.165) is 9.37 Å². The topological polar surface area (TPSA) is 37.8 Å². The zero-order chi connectivity index (χ0) is 14.5. The van der Waals surface area contributed by atoms with Gasteiger partial charge in [0.2, 0.25) is 0 Å². The minimum atomic E-state index is -0.374. The summed E-state index contributed by atoms with van der Waals surface area (Å²) in [6.07, 6.45) is 0. The van der Waals surface area contributed by atoms with Crippen molar-refractivity contribution in [3.05, 3.63) is 46.1 Å². The molecule has 0 aliphatic heterocycles. The second-order valence-corrected chi connectivity index (χ2v) is 6.01. The molecule has 1 aromatic heterocycles. The van der Waals surface area contributed by atoms with Gasteiger partial charge in [-0.1, -0.05) is 12.1 Å². The summed E-state index contributed by atoms with van der Waals surface area (Å²) in [5.41, 5.74) is 0.374. The number of aryl methyl sites for hydroxylation is 1. The summed E-state index contributed by atoms with van der Waals surface area (Å²) in [6, 6.07) is 7.96. The van der Waals surface area contributed by atoms with Gasteiger partial charge in [0, 0.05) is 15.9 Å². The van der Waals surface area contributed by atoms with Gasteiger partial charge in [-0.15, -0.1) is 11.8 Å². The Balaban J connectivity index is 2.16. The van der Waals surface area contributed by atoms with Gasteiger partial charge >= 0.3 is 0 Å². The van der Waals surface area contributed by atoms with Crippen LogP contribution in [0.2, 0.25) is 0 Å². The molecule has 0 atom stereocenters. The molecule has 0 bridgehead atoms. The first-order chi connectivity index (χ1) is 9.61. The van der Waals surface area contributed by atoms with E-state index in [4.69, 9.17) is 0 Å². The fourth-order valence-electron chi connectivity index (χ4n) is 1.67. The van der Waals surface area contributed by atoms with Crippen LogP contribution >= 0.6 is 27.7 Å². The van der Waals surface area contributed by atoms with Crippen molar-refractivity contribution in [3.63, 3.8) is 0 Å². The van der Waals surface area contributed by atoms with Crippen LogP contribution in [0.5, 0.6) is 0 Å². The molecule has 0 radical (unpaired) electrons. The molecule has 2 rings (SSSR count). The van der Waals surface area contributed by atoms with Crippen LogP contribution < -0.4 is 5.32 Å². The van der Waals surface area contributed by atoms with E-state index in [2.05, 4.69) is 31.2 Å². The molecule has 0 saturated carbocycles. The Labute approximate surface area is 130 Å². The summed E-state index contributed by atoms with van der Waals surface area (Å²) in [4.78, 5) is 9.55. The van der Waals surface area contributed by atoms with Gasteiger partial charge in [-0.2, -0.15) is 0 Å². The van der Waals surface area contributed by atoms with E-state index in [0.29, 0.717) is 23.8 Å². The van der Waals surface area contributed by atoms with E-state index in [1.54, 1.807) is 18.7 Å². The van der Waals surface area contributed by atoms with E-state index >= 15 is 0 Å². The smallest absolute Gasteiger partial charge is 0.186 e. The van der Waals surface area contributed by atoms with Crippen LogP contribution in [-0.2, 0) is 5.75 Å². The lowest BCUT2D eigenvalue weighted by Crippen LogP contribution is -2.08. The molecular formula is C14H15BrFN3S.